The van der Waals surface area contributed by atoms with Crippen LogP contribution in [0.3, 0.4) is 0 Å². The van der Waals surface area contributed by atoms with Crippen molar-refractivity contribution in [2.75, 3.05) is 0 Å². The number of hydrogen-bond donors (Lipinski definition) is 1. The van der Waals surface area contributed by atoms with Gasteiger partial charge in [-0.3, -0.25) is 0 Å². The van der Waals surface area contributed by atoms with Gasteiger partial charge in [-0.2, -0.15) is 0 Å². The van der Waals surface area contributed by atoms with E-state index in [-0.39, 0.29) is 0 Å². The molecule has 0 saturated carbocycles. The third-order valence-electron chi connectivity index (χ3n) is 3.10. The zero-order valence-electron chi connectivity index (χ0n) is 9.91. The summed E-state index contributed by atoms with van der Waals surface area (Å²) >= 11 is 0. The smallest absolute Gasteiger partial charge is 0.115 e. The fourth-order valence-corrected chi connectivity index (χ4v) is 2.02. The van der Waals surface area contributed by atoms with Gasteiger partial charge >= 0.3 is 0 Å². The molecule has 0 aromatic heterocycles. The van der Waals surface area contributed by atoms with Crippen LogP contribution in [0.1, 0.15) is 16.7 Å². The lowest BCUT2D eigenvalue weighted by atomic mass is 9.93. The predicted octanol–water partition coefficient (Wildman–Crippen LogP) is 3.98. The maximum Gasteiger partial charge on any atom is 0.115 e. The predicted molar refractivity (Wildman–Crippen MR) is 67.8 cm³/mol. The molecule has 16 heavy (non-hydrogen) atoms. The first kappa shape index (κ1) is 10.7. The highest BCUT2D eigenvalue weighted by Crippen LogP contribution is 2.30. The number of phenolic OH excluding ortho intramolecular Hbond substituents is 1. The first-order valence-electron chi connectivity index (χ1n) is 5.46. The SMILES string of the molecule is Cc1ccc(C)c(-c2ccc(O)cc2)c1C. The third-order valence-corrected chi connectivity index (χ3v) is 3.10. The van der Waals surface area contributed by atoms with Crippen molar-refractivity contribution in [3.05, 3.63) is 53.1 Å². The van der Waals surface area contributed by atoms with Crippen molar-refractivity contribution in [3.63, 3.8) is 0 Å². The Morgan fingerprint density at radius 3 is 1.94 bits per heavy atom. The molecule has 0 saturated heterocycles. The second-order valence-corrected chi connectivity index (χ2v) is 4.25. The summed E-state index contributed by atoms with van der Waals surface area (Å²) in [6, 6.07) is 11.7. The summed E-state index contributed by atoms with van der Waals surface area (Å²) in [5.41, 5.74) is 6.32. The first-order valence-corrected chi connectivity index (χ1v) is 5.46. The normalized spacial score (nSPS) is 10.4. The lowest BCUT2D eigenvalue weighted by Gasteiger charge is -2.12. The fraction of sp³-hybridized carbons (Fsp3) is 0.200. The molecule has 0 amide bonds. The summed E-state index contributed by atoms with van der Waals surface area (Å²) < 4.78 is 0. The molecule has 1 heteroatoms. The molecule has 0 atom stereocenters. The number of benzene rings is 2. The van der Waals surface area contributed by atoms with Gasteiger partial charge in [0, 0.05) is 0 Å². The minimum Gasteiger partial charge on any atom is -0.508 e. The van der Waals surface area contributed by atoms with E-state index >= 15 is 0 Å². The van der Waals surface area contributed by atoms with E-state index in [4.69, 9.17) is 0 Å². The Hall–Kier alpha value is -1.76. The second-order valence-electron chi connectivity index (χ2n) is 4.25. The summed E-state index contributed by atoms with van der Waals surface area (Å²) in [6.07, 6.45) is 0. The standard InChI is InChI=1S/C15H16O/c1-10-4-5-11(2)15(12(10)3)13-6-8-14(16)9-7-13/h4-9,16H,1-3H3. The highest BCUT2D eigenvalue weighted by atomic mass is 16.3. The van der Waals surface area contributed by atoms with Gasteiger partial charge in [0.2, 0.25) is 0 Å². The molecule has 0 fully saturated rings. The van der Waals surface area contributed by atoms with E-state index in [1.54, 1.807) is 12.1 Å². The zero-order valence-corrected chi connectivity index (χ0v) is 9.91. The van der Waals surface area contributed by atoms with Crippen molar-refractivity contribution in [2.45, 2.75) is 20.8 Å². The Kier molecular flexibility index (Phi) is 2.69. The van der Waals surface area contributed by atoms with Crippen molar-refractivity contribution in [1.29, 1.82) is 0 Å². The molecule has 0 aliphatic rings. The van der Waals surface area contributed by atoms with E-state index in [9.17, 15) is 5.11 Å². The van der Waals surface area contributed by atoms with Gasteiger partial charge < -0.3 is 5.11 Å². The lowest BCUT2D eigenvalue weighted by Crippen LogP contribution is -1.90. The number of phenols is 1. The van der Waals surface area contributed by atoms with Gasteiger partial charge in [0.25, 0.3) is 0 Å². The minimum absolute atomic E-state index is 0.312. The summed E-state index contributed by atoms with van der Waals surface area (Å²) in [5, 5.41) is 9.30. The Labute approximate surface area is 96.4 Å². The molecule has 82 valence electrons. The molecule has 2 aromatic rings. The van der Waals surface area contributed by atoms with E-state index in [2.05, 4.69) is 32.9 Å². The number of aryl methyl sites for hydroxylation is 2. The van der Waals surface area contributed by atoms with Crippen molar-refractivity contribution >= 4 is 0 Å². The van der Waals surface area contributed by atoms with E-state index in [0.29, 0.717) is 5.75 Å². The van der Waals surface area contributed by atoms with Crippen LogP contribution in [0.25, 0.3) is 11.1 Å². The highest BCUT2D eigenvalue weighted by Gasteiger charge is 2.07. The molecule has 0 bridgehead atoms. The van der Waals surface area contributed by atoms with Crippen LogP contribution in [0, 0.1) is 20.8 Å². The Bertz CT molecular complexity index is 510. The molecule has 0 radical (unpaired) electrons. The molecule has 0 spiro atoms. The van der Waals surface area contributed by atoms with Gasteiger partial charge in [0.1, 0.15) is 5.75 Å². The Balaban J connectivity index is 2.63. The van der Waals surface area contributed by atoms with Gasteiger partial charge in [-0.25, -0.2) is 0 Å². The van der Waals surface area contributed by atoms with Gasteiger partial charge in [-0.1, -0.05) is 24.3 Å². The van der Waals surface area contributed by atoms with Crippen LogP contribution in [0.4, 0.5) is 0 Å². The van der Waals surface area contributed by atoms with Crippen molar-refractivity contribution in [2.24, 2.45) is 0 Å². The Morgan fingerprint density at radius 1 is 0.750 bits per heavy atom. The average molecular weight is 212 g/mol. The molecular formula is C15H16O. The van der Waals surface area contributed by atoms with Crippen molar-refractivity contribution < 1.29 is 5.11 Å². The van der Waals surface area contributed by atoms with Crippen LogP contribution in [0.2, 0.25) is 0 Å². The van der Waals surface area contributed by atoms with Crippen molar-refractivity contribution in [3.8, 4) is 16.9 Å². The highest BCUT2D eigenvalue weighted by molar-refractivity contribution is 5.72. The second kappa shape index (κ2) is 4.01. The lowest BCUT2D eigenvalue weighted by molar-refractivity contribution is 0.475. The average Bonchev–Trinajstić information content (AvgIpc) is 2.27. The molecule has 0 aliphatic heterocycles. The minimum atomic E-state index is 0.312. The number of aromatic hydroxyl groups is 1. The van der Waals surface area contributed by atoms with E-state index in [0.717, 1.165) is 5.56 Å². The van der Waals surface area contributed by atoms with Gasteiger partial charge in [-0.15, -0.1) is 0 Å². The molecule has 1 N–H and O–H groups in total. The van der Waals surface area contributed by atoms with Crippen LogP contribution < -0.4 is 0 Å². The van der Waals surface area contributed by atoms with Gasteiger partial charge in [-0.05, 0) is 60.7 Å². The number of rotatable bonds is 1. The fourth-order valence-electron chi connectivity index (χ4n) is 2.02. The largest absolute Gasteiger partial charge is 0.508 e. The third kappa shape index (κ3) is 1.81. The van der Waals surface area contributed by atoms with E-state index < -0.39 is 0 Å². The summed E-state index contributed by atoms with van der Waals surface area (Å²) in [5.74, 6) is 0.312. The van der Waals surface area contributed by atoms with E-state index in [1.165, 1.54) is 22.3 Å². The molecular weight excluding hydrogens is 196 g/mol. The molecule has 1 nitrogen and oxygen atoms in total. The van der Waals surface area contributed by atoms with Crippen LogP contribution in [0.5, 0.6) is 5.75 Å². The van der Waals surface area contributed by atoms with Crippen LogP contribution in [-0.4, -0.2) is 5.11 Å². The maximum atomic E-state index is 9.30. The van der Waals surface area contributed by atoms with Gasteiger partial charge in [0.05, 0.1) is 0 Å². The van der Waals surface area contributed by atoms with Crippen LogP contribution >= 0.6 is 0 Å². The summed E-state index contributed by atoms with van der Waals surface area (Å²) in [6.45, 7) is 6.39. The molecule has 0 unspecified atom stereocenters. The summed E-state index contributed by atoms with van der Waals surface area (Å²) in [4.78, 5) is 0. The van der Waals surface area contributed by atoms with Crippen LogP contribution in [0.15, 0.2) is 36.4 Å². The topological polar surface area (TPSA) is 20.2 Å². The molecule has 2 rings (SSSR count). The van der Waals surface area contributed by atoms with Crippen LogP contribution in [-0.2, 0) is 0 Å². The monoisotopic (exact) mass is 212 g/mol. The van der Waals surface area contributed by atoms with Crippen molar-refractivity contribution in [1.82, 2.24) is 0 Å². The molecule has 0 heterocycles. The first-order chi connectivity index (χ1) is 7.59. The quantitative estimate of drug-likeness (QED) is 0.758. The molecule has 0 aliphatic carbocycles. The van der Waals surface area contributed by atoms with Gasteiger partial charge in [0.15, 0.2) is 0 Å². The maximum absolute atomic E-state index is 9.30. The zero-order chi connectivity index (χ0) is 11.7. The number of hydrogen-bond acceptors (Lipinski definition) is 1. The molecule has 2 aromatic carbocycles. The summed E-state index contributed by atoms with van der Waals surface area (Å²) in [7, 11) is 0. The Morgan fingerprint density at radius 2 is 1.31 bits per heavy atom. The van der Waals surface area contributed by atoms with E-state index in [1.807, 2.05) is 12.1 Å².